The Morgan fingerprint density at radius 1 is 1.60 bits per heavy atom. The first-order valence-corrected chi connectivity index (χ1v) is 4.33. The van der Waals surface area contributed by atoms with Gasteiger partial charge in [0.05, 0.1) is 0 Å². The fourth-order valence-corrected chi connectivity index (χ4v) is 1.30. The maximum Gasteiger partial charge on any atom is 0.315 e. The lowest BCUT2D eigenvalue weighted by Crippen LogP contribution is -2.23. The molecule has 2 heterocycles. The van der Waals surface area contributed by atoms with Crippen LogP contribution < -0.4 is 5.73 Å². The third-order valence-corrected chi connectivity index (χ3v) is 2.05. The van der Waals surface area contributed by atoms with E-state index in [1.54, 1.807) is 12.1 Å². The van der Waals surface area contributed by atoms with E-state index in [4.69, 9.17) is 10.8 Å². The SMILES string of the molecule is NCC(C(=O)O)c1nnc2cccnn12. The maximum atomic E-state index is 10.9. The van der Waals surface area contributed by atoms with E-state index in [1.807, 2.05) is 0 Å². The molecule has 0 aliphatic carbocycles. The van der Waals surface area contributed by atoms with Gasteiger partial charge < -0.3 is 10.8 Å². The molecule has 0 saturated heterocycles. The van der Waals surface area contributed by atoms with Gasteiger partial charge in [-0.2, -0.15) is 9.61 Å². The van der Waals surface area contributed by atoms with E-state index >= 15 is 0 Å². The van der Waals surface area contributed by atoms with Crippen LogP contribution in [0.3, 0.4) is 0 Å². The molecule has 0 amide bonds. The number of fused-ring (bicyclic) bond motifs is 1. The Balaban J connectivity index is 2.55. The quantitative estimate of drug-likeness (QED) is 0.685. The highest BCUT2D eigenvalue weighted by atomic mass is 16.4. The van der Waals surface area contributed by atoms with Crippen molar-refractivity contribution in [1.29, 1.82) is 0 Å². The predicted molar refractivity (Wildman–Crippen MR) is 50.2 cm³/mol. The van der Waals surface area contributed by atoms with Crippen molar-refractivity contribution in [2.45, 2.75) is 5.92 Å². The molecule has 0 fully saturated rings. The van der Waals surface area contributed by atoms with Crippen molar-refractivity contribution in [1.82, 2.24) is 19.8 Å². The molecular formula is C8H9N5O2. The lowest BCUT2D eigenvalue weighted by molar-refractivity contribution is -0.138. The molecule has 2 rings (SSSR count). The van der Waals surface area contributed by atoms with Crippen LogP contribution in [0.5, 0.6) is 0 Å². The number of hydrogen-bond acceptors (Lipinski definition) is 5. The van der Waals surface area contributed by atoms with Gasteiger partial charge in [-0.1, -0.05) is 0 Å². The van der Waals surface area contributed by atoms with Gasteiger partial charge in [0.1, 0.15) is 5.92 Å². The minimum absolute atomic E-state index is 0.0350. The van der Waals surface area contributed by atoms with Crippen molar-refractivity contribution in [3.05, 3.63) is 24.2 Å². The van der Waals surface area contributed by atoms with Crippen LogP contribution in [0.15, 0.2) is 18.3 Å². The lowest BCUT2D eigenvalue weighted by Gasteiger charge is -2.05. The summed E-state index contributed by atoms with van der Waals surface area (Å²) < 4.78 is 1.38. The van der Waals surface area contributed by atoms with Gasteiger partial charge in [0, 0.05) is 12.7 Å². The van der Waals surface area contributed by atoms with Crippen LogP contribution in [0.4, 0.5) is 0 Å². The maximum absolute atomic E-state index is 10.9. The average Bonchev–Trinajstić information content (AvgIpc) is 2.63. The standard InChI is InChI=1S/C8H9N5O2/c9-4-5(8(14)15)7-12-11-6-2-1-3-10-13(6)7/h1-3,5H,4,9H2,(H,14,15). The number of hydrogen-bond donors (Lipinski definition) is 2. The Hall–Kier alpha value is -2.02. The van der Waals surface area contributed by atoms with Crippen LogP contribution in [0.1, 0.15) is 11.7 Å². The summed E-state index contributed by atoms with van der Waals surface area (Å²) in [5.74, 6) is -1.66. The smallest absolute Gasteiger partial charge is 0.315 e. The number of carboxylic acid groups (broad SMARTS) is 1. The molecule has 0 aromatic carbocycles. The Morgan fingerprint density at radius 2 is 2.40 bits per heavy atom. The van der Waals surface area contributed by atoms with Gasteiger partial charge >= 0.3 is 5.97 Å². The average molecular weight is 207 g/mol. The highest BCUT2D eigenvalue weighted by molar-refractivity contribution is 5.75. The third-order valence-electron chi connectivity index (χ3n) is 2.05. The molecule has 0 bridgehead atoms. The van der Waals surface area contributed by atoms with E-state index in [-0.39, 0.29) is 12.4 Å². The van der Waals surface area contributed by atoms with Crippen LogP contribution in [0.2, 0.25) is 0 Å². The highest BCUT2D eigenvalue weighted by Gasteiger charge is 2.24. The van der Waals surface area contributed by atoms with Gasteiger partial charge in [-0.25, -0.2) is 0 Å². The lowest BCUT2D eigenvalue weighted by atomic mass is 10.1. The first kappa shape index (κ1) is 9.53. The van der Waals surface area contributed by atoms with Gasteiger partial charge in [0.25, 0.3) is 0 Å². The molecule has 15 heavy (non-hydrogen) atoms. The Labute approximate surface area is 84.5 Å². The summed E-state index contributed by atoms with van der Waals surface area (Å²) in [6, 6.07) is 3.39. The fourth-order valence-electron chi connectivity index (χ4n) is 1.30. The molecule has 1 atom stereocenters. The minimum atomic E-state index is -1.03. The Morgan fingerprint density at radius 3 is 3.07 bits per heavy atom. The van der Waals surface area contributed by atoms with Crippen molar-refractivity contribution < 1.29 is 9.90 Å². The van der Waals surface area contributed by atoms with Gasteiger partial charge in [-0.3, -0.25) is 4.79 Å². The van der Waals surface area contributed by atoms with Crippen molar-refractivity contribution in [2.24, 2.45) is 5.73 Å². The normalized spacial score (nSPS) is 12.9. The first-order valence-electron chi connectivity index (χ1n) is 4.33. The second kappa shape index (κ2) is 3.62. The summed E-state index contributed by atoms with van der Waals surface area (Å²) in [7, 11) is 0. The van der Waals surface area contributed by atoms with Crippen LogP contribution >= 0.6 is 0 Å². The van der Waals surface area contributed by atoms with Crippen LogP contribution in [0, 0.1) is 0 Å². The fraction of sp³-hybridized carbons (Fsp3) is 0.250. The topological polar surface area (TPSA) is 106 Å². The Kier molecular flexibility index (Phi) is 2.30. The molecule has 7 nitrogen and oxygen atoms in total. The molecule has 0 aliphatic heterocycles. The van der Waals surface area contributed by atoms with E-state index in [0.29, 0.717) is 5.65 Å². The number of nitrogens with two attached hydrogens (primary N) is 1. The van der Waals surface area contributed by atoms with E-state index < -0.39 is 11.9 Å². The van der Waals surface area contributed by atoms with Crippen molar-refractivity contribution in [3.63, 3.8) is 0 Å². The molecule has 0 saturated carbocycles. The van der Waals surface area contributed by atoms with E-state index in [0.717, 1.165) is 0 Å². The van der Waals surface area contributed by atoms with Crippen LogP contribution in [-0.4, -0.2) is 37.4 Å². The number of aliphatic carboxylic acids is 1. The molecular weight excluding hydrogens is 198 g/mol. The summed E-state index contributed by atoms with van der Waals surface area (Å²) in [6.07, 6.45) is 1.54. The third kappa shape index (κ3) is 1.52. The zero-order valence-electron chi connectivity index (χ0n) is 7.74. The number of carboxylic acids is 1. The summed E-state index contributed by atoms with van der Waals surface area (Å²) in [4.78, 5) is 10.9. The molecule has 78 valence electrons. The molecule has 7 heteroatoms. The second-order valence-electron chi connectivity index (χ2n) is 2.98. The predicted octanol–water partition coefficient (Wildman–Crippen LogP) is -0.749. The molecule has 2 aromatic rings. The van der Waals surface area contributed by atoms with Crippen molar-refractivity contribution in [3.8, 4) is 0 Å². The molecule has 0 aliphatic rings. The molecule has 0 radical (unpaired) electrons. The minimum Gasteiger partial charge on any atom is -0.481 e. The summed E-state index contributed by atoms with van der Waals surface area (Å²) in [5.41, 5.74) is 5.87. The molecule has 0 spiro atoms. The van der Waals surface area contributed by atoms with E-state index in [1.165, 1.54) is 10.7 Å². The zero-order chi connectivity index (χ0) is 10.8. The van der Waals surface area contributed by atoms with E-state index in [9.17, 15) is 4.79 Å². The summed E-state index contributed by atoms with van der Waals surface area (Å²) in [6.45, 7) is -0.0350. The van der Waals surface area contributed by atoms with Gasteiger partial charge in [-0.15, -0.1) is 10.2 Å². The molecule has 1 unspecified atom stereocenters. The van der Waals surface area contributed by atoms with Crippen LogP contribution in [0.25, 0.3) is 5.65 Å². The zero-order valence-corrected chi connectivity index (χ0v) is 7.74. The monoisotopic (exact) mass is 207 g/mol. The number of aromatic nitrogens is 4. The van der Waals surface area contributed by atoms with E-state index in [2.05, 4.69) is 15.3 Å². The van der Waals surface area contributed by atoms with Crippen LogP contribution in [-0.2, 0) is 4.79 Å². The summed E-state index contributed by atoms with van der Waals surface area (Å²) in [5, 5.41) is 20.5. The van der Waals surface area contributed by atoms with Gasteiger partial charge in [0.15, 0.2) is 11.5 Å². The molecule has 3 N–H and O–H groups in total. The number of carbonyl (C=O) groups is 1. The largest absolute Gasteiger partial charge is 0.481 e. The van der Waals surface area contributed by atoms with Crippen molar-refractivity contribution in [2.75, 3.05) is 6.54 Å². The second-order valence-corrected chi connectivity index (χ2v) is 2.98. The first-order chi connectivity index (χ1) is 7.24. The van der Waals surface area contributed by atoms with Gasteiger partial charge in [0.2, 0.25) is 0 Å². The highest BCUT2D eigenvalue weighted by Crippen LogP contribution is 2.12. The number of nitrogens with zero attached hydrogens (tertiary/aromatic N) is 4. The number of rotatable bonds is 3. The molecule has 2 aromatic heterocycles. The Bertz CT molecular complexity index is 494. The van der Waals surface area contributed by atoms with Gasteiger partial charge in [-0.05, 0) is 12.1 Å². The summed E-state index contributed by atoms with van der Waals surface area (Å²) >= 11 is 0. The van der Waals surface area contributed by atoms with Crippen molar-refractivity contribution >= 4 is 11.6 Å².